The van der Waals surface area contributed by atoms with E-state index in [9.17, 15) is 30.3 Å². The number of rotatable bonds is 15. The first-order valence-corrected chi connectivity index (χ1v) is 21.7. The molecular weight excluding hydrogens is 725 g/mol. The summed E-state index contributed by atoms with van der Waals surface area (Å²) in [6.07, 6.45) is 13.3. The molecule has 2 fully saturated rings. The Labute approximate surface area is 347 Å². The van der Waals surface area contributed by atoms with Crippen LogP contribution in [-0.2, 0) is 24.1 Å². The van der Waals surface area contributed by atoms with Gasteiger partial charge in [-0.05, 0) is 157 Å². The van der Waals surface area contributed by atoms with Gasteiger partial charge in [0.2, 0.25) is 0 Å². The van der Waals surface area contributed by atoms with Crippen LogP contribution in [0.15, 0.2) is 113 Å². The van der Waals surface area contributed by atoms with Gasteiger partial charge in [0.05, 0.1) is 17.8 Å². The average molecular weight is 795 g/mol. The highest BCUT2D eigenvalue weighted by atomic mass is 16.3. The van der Waals surface area contributed by atoms with Crippen LogP contribution in [0.2, 0.25) is 0 Å². The number of hydrogen-bond acceptors (Lipinski definition) is 8. The van der Waals surface area contributed by atoms with Gasteiger partial charge in [-0.3, -0.25) is 10.1 Å². The molecule has 8 nitrogen and oxygen atoms in total. The van der Waals surface area contributed by atoms with Crippen LogP contribution in [0.5, 0.6) is 0 Å². The molecule has 8 heteroatoms. The largest absolute Gasteiger partial charge is 0.396 e. The van der Waals surface area contributed by atoms with Gasteiger partial charge in [0.25, 0.3) is 0 Å². The van der Waals surface area contributed by atoms with E-state index in [0.717, 1.165) is 47.0 Å². The molecule has 0 aromatic heterocycles. The molecular formula is C50H70N2O6. The Morgan fingerprint density at radius 3 is 2.53 bits per heavy atom. The van der Waals surface area contributed by atoms with Crippen molar-refractivity contribution in [3.05, 3.63) is 130 Å². The van der Waals surface area contributed by atoms with E-state index < -0.39 is 35.4 Å². The van der Waals surface area contributed by atoms with Gasteiger partial charge >= 0.3 is 0 Å². The Morgan fingerprint density at radius 2 is 1.83 bits per heavy atom. The molecule has 0 radical (unpaired) electrons. The van der Waals surface area contributed by atoms with Crippen LogP contribution < -0.4 is 10.6 Å². The fourth-order valence-electron chi connectivity index (χ4n) is 10.4. The highest BCUT2D eigenvalue weighted by molar-refractivity contribution is 5.74. The minimum absolute atomic E-state index is 0.0229. The number of carbonyl (C=O) groups excluding carboxylic acids is 1. The van der Waals surface area contributed by atoms with Gasteiger partial charge < -0.3 is 30.8 Å². The molecule has 1 spiro atoms. The molecule has 2 aromatic carbocycles. The Bertz CT molecular complexity index is 1800. The van der Waals surface area contributed by atoms with E-state index in [-0.39, 0.29) is 24.5 Å². The fraction of sp³-hybridized carbons (Fsp3) is 0.540. The summed E-state index contributed by atoms with van der Waals surface area (Å²) in [4.78, 5) is 12.2. The zero-order chi connectivity index (χ0) is 41.9. The van der Waals surface area contributed by atoms with Crippen molar-refractivity contribution < 1.29 is 30.3 Å². The van der Waals surface area contributed by atoms with Gasteiger partial charge in [-0.2, -0.15) is 0 Å². The number of aliphatic hydroxyl groups is 5. The highest BCUT2D eigenvalue weighted by Crippen LogP contribution is 2.64. The SMILES string of the molecule is C=C(C=CC=C([C@H](O)CCc1ccccc1)[C@H]1CC[C@@]2(C(CCCO)C(=C(C)C=O)CC[C@]2(O)CCNC)[C@@H]1O)[C@H]1CC=C(C)[C@@H](O)N[C@H](C)Cc2cccc(c2)C1. The quantitative estimate of drug-likeness (QED) is 0.0449. The predicted molar refractivity (Wildman–Crippen MR) is 234 cm³/mol. The standard InChI is InChI=1S/C50H70N2O6/c1-34(41-21-19-35(2)48(57)52-37(4)30-39-15-10-16-40(31-39)32-41)12-9-17-43(46(55)22-20-38-13-7-6-8-14-38)44-24-26-50(47(44)56)45(18-11-29-53)42(36(3)33-54)23-25-49(50,58)27-28-51-5/h6-10,12-17,19,31,33,37,41,44-48,51-53,55-58H,1,11,18,20-30,32H2,2-5H3/t37-,41+,44-,45?,46-,47-,48-,49+,50-/m1/s1. The van der Waals surface area contributed by atoms with Crippen LogP contribution in [0, 0.1) is 23.2 Å². The Balaban J connectivity index is 1.52. The van der Waals surface area contributed by atoms with Crippen LogP contribution in [0.25, 0.3) is 0 Å². The van der Waals surface area contributed by atoms with Crippen molar-refractivity contribution in [2.45, 2.75) is 128 Å². The van der Waals surface area contributed by atoms with Crippen LogP contribution in [0.4, 0.5) is 0 Å². The van der Waals surface area contributed by atoms with E-state index in [0.29, 0.717) is 76.3 Å². The van der Waals surface area contributed by atoms with E-state index in [2.05, 4.69) is 66.6 Å². The van der Waals surface area contributed by atoms with Gasteiger partial charge in [-0.25, -0.2) is 0 Å². The summed E-state index contributed by atoms with van der Waals surface area (Å²) in [7, 11) is 1.86. The lowest BCUT2D eigenvalue weighted by Crippen LogP contribution is -2.61. The molecule has 1 heterocycles. The zero-order valence-electron chi connectivity index (χ0n) is 35.4. The monoisotopic (exact) mass is 795 g/mol. The van der Waals surface area contributed by atoms with E-state index in [1.54, 1.807) is 0 Å². The van der Waals surface area contributed by atoms with Crippen molar-refractivity contribution in [2.75, 3.05) is 20.2 Å². The number of aldehydes is 1. The second kappa shape index (κ2) is 21.2. The first kappa shape index (κ1) is 45.6. The van der Waals surface area contributed by atoms with Crippen molar-refractivity contribution in [1.29, 1.82) is 0 Å². The molecule has 58 heavy (non-hydrogen) atoms. The van der Waals surface area contributed by atoms with Gasteiger partial charge in [-0.1, -0.05) is 96.6 Å². The summed E-state index contributed by atoms with van der Waals surface area (Å²) in [6.45, 7) is 10.9. The minimum Gasteiger partial charge on any atom is -0.396 e. The van der Waals surface area contributed by atoms with Crippen molar-refractivity contribution in [3.63, 3.8) is 0 Å². The lowest BCUT2D eigenvalue weighted by atomic mass is 9.51. The predicted octanol–water partition coefficient (Wildman–Crippen LogP) is 6.86. The number of aryl methyl sites for hydroxylation is 1. The van der Waals surface area contributed by atoms with E-state index >= 15 is 0 Å². The second-order valence-corrected chi connectivity index (χ2v) is 17.5. The molecule has 0 amide bonds. The topological polar surface area (TPSA) is 142 Å². The van der Waals surface area contributed by atoms with Crippen molar-refractivity contribution in [3.8, 4) is 0 Å². The Hall–Kier alpha value is -3.47. The number of benzene rings is 2. The Kier molecular flexibility index (Phi) is 16.6. The zero-order valence-corrected chi connectivity index (χ0v) is 35.4. The average Bonchev–Trinajstić information content (AvgIpc) is 3.56. The third-order valence-corrected chi connectivity index (χ3v) is 13.7. The van der Waals surface area contributed by atoms with E-state index in [1.165, 1.54) is 11.1 Å². The first-order chi connectivity index (χ1) is 27.9. The van der Waals surface area contributed by atoms with Crippen LogP contribution >= 0.6 is 0 Å². The highest BCUT2D eigenvalue weighted by Gasteiger charge is 2.65. The van der Waals surface area contributed by atoms with E-state index in [4.69, 9.17) is 0 Å². The lowest BCUT2D eigenvalue weighted by Gasteiger charge is -2.57. The molecule has 2 saturated carbocycles. The van der Waals surface area contributed by atoms with Crippen LogP contribution in [0.3, 0.4) is 0 Å². The Morgan fingerprint density at radius 1 is 1.09 bits per heavy atom. The second-order valence-electron chi connectivity index (χ2n) is 17.5. The molecule has 7 N–H and O–H groups in total. The van der Waals surface area contributed by atoms with Crippen LogP contribution in [-0.4, -0.2) is 82.1 Å². The molecule has 5 rings (SSSR count). The maximum atomic E-state index is 12.9. The maximum Gasteiger partial charge on any atom is 0.145 e. The van der Waals surface area contributed by atoms with Crippen molar-refractivity contribution in [1.82, 2.24) is 10.6 Å². The van der Waals surface area contributed by atoms with Gasteiger partial charge in [0.15, 0.2) is 0 Å². The van der Waals surface area contributed by atoms with Gasteiger partial charge in [0.1, 0.15) is 12.5 Å². The number of hydrogen-bond donors (Lipinski definition) is 7. The maximum absolute atomic E-state index is 12.9. The smallest absolute Gasteiger partial charge is 0.145 e. The number of aliphatic hydroxyl groups excluding tert-OH is 4. The van der Waals surface area contributed by atoms with E-state index in [1.807, 2.05) is 57.3 Å². The van der Waals surface area contributed by atoms with Gasteiger partial charge in [-0.15, -0.1) is 0 Å². The fourth-order valence-corrected chi connectivity index (χ4v) is 10.4. The summed E-state index contributed by atoms with van der Waals surface area (Å²) in [5.41, 5.74) is 5.51. The summed E-state index contributed by atoms with van der Waals surface area (Å²) in [6, 6.07) is 18.9. The summed E-state index contributed by atoms with van der Waals surface area (Å²) in [5.74, 6) is -0.677. The summed E-state index contributed by atoms with van der Waals surface area (Å²) < 4.78 is 0. The lowest BCUT2D eigenvalue weighted by molar-refractivity contribution is -0.181. The molecule has 3 aliphatic rings. The van der Waals surface area contributed by atoms with Crippen molar-refractivity contribution >= 4 is 6.29 Å². The minimum atomic E-state index is -1.22. The third kappa shape index (κ3) is 10.6. The molecule has 9 atom stereocenters. The molecule has 0 saturated heterocycles. The summed E-state index contributed by atoms with van der Waals surface area (Å²) >= 11 is 0. The molecule has 316 valence electrons. The molecule has 1 unspecified atom stereocenters. The van der Waals surface area contributed by atoms with Crippen LogP contribution in [0.1, 0.15) is 95.2 Å². The third-order valence-electron chi connectivity index (χ3n) is 13.7. The number of allylic oxidation sites excluding steroid dienone is 7. The normalized spacial score (nSPS) is 31.1. The summed E-state index contributed by atoms with van der Waals surface area (Å²) in [5, 5.41) is 65.1. The molecule has 1 aliphatic heterocycles. The number of nitrogens with one attached hydrogen (secondary N) is 2. The molecule has 2 aromatic rings. The first-order valence-electron chi connectivity index (χ1n) is 21.7. The number of carbonyl (C=O) groups is 1. The van der Waals surface area contributed by atoms with Gasteiger partial charge in [0, 0.05) is 24.0 Å². The van der Waals surface area contributed by atoms with Crippen molar-refractivity contribution in [2.24, 2.45) is 23.2 Å². The molecule has 2 bridgehead atoms. The molecule has 2 aliphatic carbocycles. The number of fused-ring (bicyclic) bond motifs is 2.